The lowest BCUT2D eigenvalue weighted by Gasteiger charge is -2.33. The zero-order chi connectivity index (χ0) is 14.5. The van der Waals surface area contributed by atoms with Gasteiger partial charge >= 0.3 is 0 Å². The minimum atomic E-state index is 0.213. The number of carbonyl (C=O) groups is 1. The number of nitrogens with zero attached hydrogens (tertiary/aromatic N) is 1. The fraction of sp³-hybridized carbons (Fsp3) is 0.588. The number of nitrogens with one attached hydrogen (secondary N) is 1. The Morgan fingerprint density at radius 3 is 2.60 bits per heavy atom. The van der Waals surface area contributed by atoms with Gasteiger partial charge in [0.2, 0.25) is 5.91 Å². The Kier molecular flexibility index (Phi) is 5.05. The van der Waals surface area contributed by atoms with Crippen molar-refractivity contribution in [2.24, 2.45) is 0 Å². The minimum Gasteiger partial charge on any atom is -0.376 e. The molecule has 1 unspecified atom stereocenters. The summed E-state index contributed by atoms with van der Waals surface area (Å²) in [6, 6.07) is 8.76. The van der Waals surface area contributed by atoms with Crippen LogP contribution in [0.15, 0.2) is 24.3 Å². The minimum absolute atomic E-state index is 0.213. The van der Waals surface area contributed by atoms with Crippen LogP contribution in [-0.4, -0.2) is 29.9 Å². The molecule has 1 atom stereocenters. The Balaban J connectivity index is 1.86. The molecule has 2 rings (SSSR count). The molecule has 0 aromatic heterocycles. The number of likely N-dealkylation sites (tertiary alicyclic amines) is 1. The van der Waals surface area contributed by atoms with Gasteiger partial charge in [0, 0.05) is 18.3 Å². The van der Waals surface area contributed by atoms with E-state index in [1.165, 1.54) is 12.0 Å². The summed E-state index contributed by atoms with van der Waals surface area (Å²) < 4.78 is 0. The molecule has 20 heavy (non-hydrogen) atoms. The van der Waals surface area contributed by atoms with Crippen LogP contribution < -0.4 is 5.32 Å². The number of hydrogen-bond acceptors (Lipinski definition) is 2. The summed E-state index contributed by atoms with van der Waals surface area (Å²) in [5.74, 6) is 0.755. The van der Waals surface area contributed by atoms with Crippen LogP contribution in [0.1, 0.15) is 51.5 Å². The van der Waals surface area contributed by atoms with Gasteiger partial charge in [-0.25, -0.2) is 0 Å². The normalized spacial score (nSPS) is 19.2. The molecule has 1 N–H and O–H groups in total. The van der Waals surface area contributed by atoms with Gasteiger partial charge in [-0.05, 0) is 49.8 Å². The van der Waals surface area contributed by atoms with E-state index in [1.807, 2.05) is 4.90 Å². The van der Waals surface area contributed by atoms with Crippen LogP contribution in [-0.2, 0) is 4.79 Å². The summed E-state index contributed by atoms with van der Waals surface area (Å²) in [6.45, 7) is 7.82. The fourth-order valence-corrected chi connectivity index (χ4v) is 2.73. The molecule has 1 amide bonds. The van der Waals surface area contributed by atoms with E-state index in [-0.39, 0.29) is 5.91 Å². The lowest BCUT2D eigenvalue weighted by atomic mass is 10.0. The van der Waals surface area contributed by atoms with Crippen LogP contribution in [0.3, 0.4) is 0 Å². The lowest BCUT2D eigenvalue weighted by molar-refractivity contribution is -0.132. The first-order valence-electron chi connectivity index (χ1n) is 7.71. The third kappa shape index (κ3) is 3.75. The van der Waals surface area contributed by atoms with E-state index >= 15 is 0 Å². The van der Waals surface area contributed by atoms with Gasteiger partial charge in [0.05, 0.1) is 6.54 Å². The van der Waals surface area contributed by atoms with Crippen molar-refractivity contribution in [3.05, 3.63) is 29.8 Å². The van der Waals surface area contributed by atoms with E-state index in [4.69, 9.17) is 0 Å². The third-order valence-electron chi connectivity index (χ3n) is 4.14. The van der Waals surface area contributed by atoms with E-state index in [2.05, 4.69) is 50.4 Å². The molecule has 0 spiro atoms. The zero-order valence-electron chi connectivity index (χ0n) is 12.9. The van der Waals surface area contributed by atoms with Crippen molar-refractivity contribution in [2.75, 3.05) is 18.4 Å². The molecule has 1 aromatic carbocycles. The first-order valence-corrected chi connectivity index (χ1v) is 7.71. The predicted molar refractivity (Wildman–Crippen MR) is 84.0 cm³/mol. The number of amides is 1. The fourth-order valence-electron chi connectivity index (χ4n) is 2.73. The quantitative estimate of drug-likeness (QED) is 0.909. The average Bonchev–Trinajstić information content (AvgIpc) is 2.45. The van der Waals surface area contributed by atoms with Crippen LogP contribution in [0.2, 0.25) is 0 Å². The van der Waals surface area contributed by atoms with E-state index in [1.54, 1.807) is 0 Å². The molecule has 110 valence electrons. The maximum absolute atomic E-state index is 12.2. The van der Waals surface area contributed by atoms with Gasteiger partial charge in [-0.15, -0.1) is 0 Å². The van der Waals surface area contributed by atoms with Crippen molar-refractivity contribution < 1.29 is 4.79 Å². The van der Waals surface area contributed by atoms with Crippen LogP contribution in [0.4, 0.5) is 5.69 Å². The molecule has 1 aromatic rings. The Hall–Kier alpha value is -1.51. The van der Waals surface area contributed by atoms with E-state index in [9.17, 15) is 4.79 Å². The van der Waals surface area contributed by atoms with Crippen molar-refractivity contribution in [1.82, 2.24) is 4.90 Å². The maximum Gasteiger partial charge on any atom is 0.242 e. The molecule has 3 heteroatoms. The summed E-state index contributed by atoms with van der Waals surface area (Å²) in [5.41, 5.74) is 2.35. The lowest BCUT2D eigenvalue weighted by Crippen LogP contribution is -2.44. The molecule has 1 saturated heterocycles. The molecule has 3 nitrogen and oxygen atoms in total. The smallest absolute Gasteiger partial charge is 0.242 e. The monoisotopic (exact) mass is 274 g/mol. The second-order valence-corrected chi connectivity index (χ2v) is 6.06. The van der Waals surface area contributed by atoms with Gasteiger partial charge in [-0.3, -0.25) is 4.79 Å². The van der Waals surface area contributed by atoms with Gasteiger partial charge in [0.15, 0.2) is 0 Å². The second-order valence-electron chi connectivity index (χ2n) is 6.06. The second kappa shape index (κ2) is 6.78. The molecule has 1 fully saturated rings. The van der Waals surface area contributed by atoms with Gasteiger partial charge < -0.3 is 10.2 Å². The Labute approximate surface area is 122 Å². The number of anilines is 1. The van der Waals surface area contributed by atoms with E-state index in [0.29, 0.717) is 18.5 Å². The van der Waals surface area contributed by atoms with Gasteiger partial charge in [-0.1, -0.05) is 26.0 Å². The van der Waals surface area contributed by atoms with Crippen LogP contribution in [0.25, 0.3) is 0 Å². The van der Waals surface area contributed by atoms with Crippen molar-refractivity contribution in [3.8, 4) is 0 Å². The SMILES string of the molecule is CC(C)c1ccc(NCC(=O)N2CCCCC2C)cc1. The molecule has 1 aliphatic rings. The van der Waals surface area contributed by atoms with Crippen LogP contribution in [0, 0.1) is 0 Å². The van der Waals surface area contributed by atoms with Crippen molar-refractivity contribution in [3.63, 3.8) is 0 Å². The predicted octanol–water partition coefficient (Wildman–Crippen LogP) is 3.62. The highest BCUT2D eigenvalue weighted by atomic mass is 16.2. The largest absolute Gasteiger partial charge is 0.376 e. The number of benzene rings is 1. The topological polar surface area (TPSA) is 32.3 Å². The Morgan fingerprint density at radius 1 is 1.30 bits per heavy atom. The highest BCUT2D eigenvalue weighted by molar-refractivity contribution is 5.81. The zero-order valence-corrected chi connectivity index (χ0v) is 12.9. The molecule has 0 radical (unpaired) electrons. The van der Waals surface area contributed by atoms with Crippen LogP contribution in [0.5, 0.6) is 0 Å². The molecular formula is C17H26N2O. The first-order chi connectivity index (χ1) is 9.58. The molecule has 0 bridgehead atoms. The first kappa shape index (κ1) is 14.9. The Morgan fingerprint density at radius 2 is 2.00 bits per heavy atom. The van der Waals surface area contributed by atoms with Gasteiger partial charge in [0.1, 0.15) is 0 Å². The molecule has 1 heterocycles. The highest BCUT2D eigenvalue weighted by Crippen LogP contribution is 2.18. The van der Waals surface area contributed by atoms with E-state index in [0.717, 1.165) is 25.1 Å². The van der Waals surface area contributed by atoms with Crippen molar-refractivity contribution in [2.45, 2.75) is 52.0 Å². The van der Waals surface area contributed by atoms with Crippen molar-refractivity contribution in [1.29, 1.82) is 0 Å². The summed E-state index contributed by atoms with van der Waals surface area (Å²) in [5, 5.41) is 3.24. The molecule has 0 aliphatic carbocycles. The number of rotatable bonds is 4. The third-order valence-corrected chi connectivity index (χ3v) is 4.14. The molecule has 1 aliphatic heterocycles. The number of piperidine rings is 1. The van der Waals surface area contributed by atoms with Gasteiger partial charge in [-0.2, -0.15) is 0 Å². The molecule has 0 saturated carbocycles. The average molecular weight is 274 g/mol. The number of hydrogen-bond donors (Lipinski definition) is 1. The maximum atomic E-state index is 12.2. The highest BCUT2D eigenvalue weighted by Gasteiger charge is 2.22. The standard InChI is InChI=1S/C17H26N2O/c1-13(2)15-7-9-16(10-8-15)18-12-17(20)19-11-5-4-6-14(19)3/h7-10,13-14,18H,4-6,11-12H2,1-3H3. The summed E-state index contributed by atoms with van der Waals surface area (Å²) in [7, 11) is 0. The summed E-state index contributed by atoms with van der Waals surface area (Å²) >= 11 is 0. The Bertz CT molecular complexity index is 439. The van der Waals surface area contributed by atoms with Gasteiger partial charge in [0.25, 0.3) is 0 Å². The van der Waals surface area contributed by atoms with Crippen molar-refractivity contribution >= 4 is 11.6 Å². The summed E-state index contributed by atoms with van der Waals surface area (Å²) in [6.07, 6.45) is 3.52. The summed E-state index contributed by atoms with van der Waals surface area (Å²) in [4.78, 5) is 14.2. The number of carbonyl (C=O) groups excluding carboxylic acids is 1. The van der Waals surface area contributed by atoms with E-state index < -0.39 is 0 Å². The van der Waals surface area contributed by atoms with Crippen LogP contribution >= 0.6 is 0 Å². The molecular weight excluding hydrogens is 248 g/mol.